The molecule has 4 rings (SSSR count). The molecule has 3 heterocycles. The van der Waals surface area contributed by atoms with E-state index in [1.54, 1.807) is 0 Å². The molecule has 31 heavy (non-hydrogen) atoms. The van der Waals surface area contributed by atoms with Gasteiger partial charge >= 0.3 is 0 Å². The van der Waals surface area contributed by atoms with Gasteiger partial charge in [0.1, 0.15) is 16.7 Å². The Balaban J connectivity index is 1.46. The average Bonchev–Trinajstić information content (AvgIpc) is 3.34. The molecule has 1 saturated heterocycles. The largest absolute Gasteiger partial charge is 0.395 e. The maximum atomic E-state index is 11.9. The number of aliphatic hydroxyl groups is 1. The highest BCUT2D eigenvalue weighted by molar-refractivity contribution is 7.88. The third-order valence-corrected chi connectivity index (χ3v) is 7.66. The number of sulfonamides is 1. The van der Waals surface area contributed by atoms with E-state index in [4.69, 9.17) is 21.4 Å². The normalized spacial score (nSPS) is 22.4. The van der Waals surface area contributed by atoms with Crippen molar-refractivity contribution < 1.29 is 18.3 Å². The molecule has 0 bridgehead atoms. The predicted molar refractivity (Wildman–Crippen MR) is 120 cm³/mol. The first kappa shape index (κ1) is 22.6. The fourth-order valence-electron chi connectivity index (χ4n) is 3.93. The lowest BCUT2D eigenvalue weighted by Gasteiger charge is -2.31. The number of hydrogen-bond acceptors (Lipinski definition) is 7. The van der Waals surface area contributed by atoms with Crippen LogP contribution in [-0.4, -0.2) is 56.7 Å². The number of fused-ring (bicyclic) bond motifs is 1. The zero-order chi connectivity index (χ0) is 22.0. The Kier molecular flexibility index (Phi) is 6.95. The van der Waals surface area contributed by atoms with E-state index in [2.05, 4.69) is 38.3 Å². The van der Waals surface area contributed by atoms with E-state index in [0.29, 0.717) is 16.7 Å². The summed E-state index contributed by atoms with van der Waals surface area (Å²) in [5.41, 5.74) is 0.759. The van der Waals surface area contributed by atoms with Crippen molar-refractivity contribution in [3.8, 4) is 0 Å². The highest BCUT2D eigenvalue weighted by Gasteiger charge is 2.32. The van der Waals surface area contributed by atoms with Crippen LogP contribution in [0.3, 0.4) is 0 Å². The van der Waals surface area contributed by atoms with Gasteiger partial charge in [0.05, 0.1) is 19.4 Å². The Morgan fingerprint density at radius 1 is 1.32 bits per heavy atom. The van der Waals surface area contributed by atoms with Crippen molar-refractivity contribution in [1.29, 1.82) is 0 Å². The molecular formula is C20H25ClN4O4S2. The number of benzene rings is 1. The fourth-order valence-corrected chi connectivity index (χ4v) is 5.86. The first-order valence-corrected chi connectivity index (χ1v) is 13.1. The Morgan fingerprint density at radius 3 is 2.90 bits per heavy atom. The number of para-hydroxylation sites is 1. The number of aromatic nitrogens is 3. The van der Waals surface area contributed by atoms with Crippen LogP contribution in [0.1, 0.15) is 29.8 Å². The van der Waals surface area contributed by atoms with Gasteiger partial charge in [0.25, 0.3) is 0 Å². The lowest BCUT2D eigenvalue weighted by atomic mass is 9.95. The van der Waals surface area contributed by atoms with Gasteiger partial charge in [-0.05, 0) is 47.8 Å². The number of rotatable bonds is 8. The molecule has 0 amide bonds. The van der Waals surface area contributed by atoms with Crippen LogP contribution in [0.4, 0.5) is 0 Å². The van der Waals surface area contributed by atoms with Crippen LogP contribution < -0.4 is 0 Å². The van der Waals surface area contributed by atoms with Crippen molar-refractivity contribution in [2.45, 2.75) is 37.6 Å². The summed E-state index contributed by atoms with van der Waals surface area (Å²) in [5, 5.41) is 10.9. The zero-order valence-electron chi connectivity index (χ0n) is 17.1. The Morgan fingerprint density at radius 2 is 2.13 bits per heavy atom. The zero-order valence-corrected chi connectivity index (χ0v) is 19.5. The van der Waals surface area contributed by atoms with Gasteiger partial charge in [-0.1, -0.05) is 29.8 Å². The maximum Gasteiger partial charge on any atom is 0.211 e. The van der Waals surface area contributed by atoms with Crippen LogP contribution in [0, 0.1) is 5.92 Å². The number of nitrogens with zero attached hydrogens (tertiary/aromatic N) is 4. The molecule has 11 heteroatoms. The highest BCUT2D eigenvalue weighted by Crippen LogP contribution is 2.37. The molecule has 2 aromatic heterocycles. The van der Waals surface area contributed by atoms with E-state index in [-0.39, 0.29) is 25.8 Å². The van der Waals surface area contributed by atoms with Crippen molar-refractivity contribution >= 4 is 44.1 Å². The Bertz CT molecular complexity index is 1130. The molecule has 3 unspecified atom stereocenters. The van der Waals surface area contributed by atoms with Crippen molar-refractivity contribution in [3.05, 3.63) is 47.4 Å². The predicted octanol–water partition coefficient (Wildman–Crippen LogP) is 2.98. The van der Waals surface area contributed by atoms with Crippen LogP contribution in [-0.2, 0) is 27.8 Å². The summed E-state index contributed by atoms with van der Waals surface area (Å²) in [7, 11) is -3.45. The molecule has 8 nitrogen and oxygen atoms in total. The summed E-state index contributed by atoms with van der Waals surface area (Å²) in [6, 6.07) is 10.4. The van der Waals surface area contributed by atoms with Crippen LogP contribution in [0.25, 0.3) is 10.9 Å². The van der Waals surface area contributed by atoms with Crippen LogP contribution in [0.15, 0.2) is 36.5 Å². The molecule has 0 saturated carbocycles. The topological polar surface area (TPSA) is 97.6 Å². The van der Waals surface area contributed by atoms with Gasteiger partial charge in [0, 0.05) is 24.8 Å². The summed E-state index contributed by atoms with van der Waals surface area (Å²) < 4.78 is 37.5. The second kappa shape index (κ2) is 9.51. The van der Waals surface area contributed by atoms with E-state index in [9.17, 15) is 8.42 Å². The number of hydrogen-bond donors (Lipinski definition) is 1. The third kappa shape index (κ3) is 5.44. The van der Waals surface area contributed by atoms with Crippen molar-refractivity contribution in [2.24, 2.45) is 5.92 Å². The SMILES string of the molecule is CS(=O)(=O)N(CCO)Cc1nc(C2CC(Cn3ccc4ccccc43)CC(Cl)O2)ns1. The van der Waals surface area contributed by atoms with E-state index in [0.717, 1.165) is 37.2 Å². The van der Waals surface area contributed by atoms with Crippen molar-refractivity contribution in [2.75, 3.05) is 19.4 Å². The van der Waals surface area contributed by atoms with Crippen LogP contribution in [0.2, 0.25) is 0 Å². The minimum Gasteiger partial charge on any atom is -0.395 e. The molecule has 3 atom stereocenters. The van der Waals surface area contributed by atoms with Gasteiger partial charge in [-0.3, -0.25) is 0 Å². The molecule has 168 valence electrons. The minimum absolute atomic E-state index is 0.0182. The van der Waals surface area contributed by atoms with Crippen LogP contribution >= 0.6 is 23.1 Å². The van der Waals surface area contributed by atoms with E-state index in [1.807, 2.05) is 12.1 Å². The fraction of sp³-hybridized carbons (Fsp3) is 0.500. The number of alkyl halides is 1. The summed E-state index contributed by atoms with van der Waals surface area (Å²) in [6.45, 7) is 0.664. The average molecular weight is 485 g/mol. The molecule has 1 aliphatic heterocycles. The number of ether oxygens (including phenoxy) is 1. The highest BCUT2D eigenvalue weighted by atomic mass is 35.5. The van der Waals surface area contributed by atoms with Gasteiger partial charge < -0.3 is 14.4 Å². The molecule has 0 radical (unpaired) electrons. The monoisotopic (exact) mass is 484 g/mol. The number of halogens is 1. The van der Waals surface area contributed by atoms with Gasteiger partial charge in [0.2, 0.25) is 10.0 Å². The standard InChI is InChI=1S/C20H25ClN4O4S2/c1-31(27,28)25(8-9-26)13-19-22-20(23-30-19)17-10-14(11-18(21)29-17)12-24-7-6-15-4-2-3-5-16(15)24/h2-7,14,17-18,26H,8-13H2,1H3. The molecule has 1 fully saturated rings. The van der Waals surface area contributed by atoms with E-state index >= 15 is 0 Å². The Hall–Kier alpha value is -1.56. The second-order valence-corrected chi connectivity index (χ2v) is 11.1. The van der Waals surface area contributed by atoms with Crippen LogP contribution in [0.5, 0.6) is 0 Å². The molecule has 1 aromatic carbocycles. The minimum atomic E-state index is -3.45. The van der Waals surface area contributed by atoms with Gasteiger partial charge in [-0.15, -0.1) is 0 Å². The first-order valence-electron chi connectivity index (χ1n) is 10.1. The molecule has 1 N–H and O–H groups in total. The quantitative estimate of drug-likeness (QED) is 0.493. The first-order chi connectivity index (χ1) is 14.8. The molecule has 1 aliphatic rings. The van der Waals surface area contributed by atoms with Crippen molar-refractivity contribution in [3.63, 3.8) is 0 Å². The maximum absolute atomic E-state index is 11.9. The lowest BCUT2D eigenvalue weighted by Crippen LogP contribution is -2.32. The van der Waals surface area contributed by atoms with E-state index < -0.39 is 15.6 Å². The van der Waals surface area contributed by atoms with Gasteiger partial charge in [-0.25, -0.2) is 13.4 Å². The molecule has 3 aromatic rings. The Labute approximate surface area is 190 Å². The lowest BCUT2D eigenvalue weighted by molar-refractivity contribution is -0.0403. The summed E-state index contributed by atoms with van der Waals surface area (Å²) in [6.07, 6.45) is 4.34. The van der Waals surface area contributed by atoms with Gasteiger partial charge in [-0.2, -0.15) is 8.68 Å². The molecule has 0 aliphatic carbocycles. The van der Waals surface area contributed by atoms with Gasteiger partial charge in [0.15, 0.2) is 5.82 Å². The summed E-state index contributed by atoms with van der Waals surface area (Å²) in [5.74, 6) is 0.830. The molecular weight excluding hydrogens is 460 g/mol. The smallest absolute Gasteiger partial charge is 0.211 e. The summed E-state index contributed by atoms with van der Waals surface area (Å²) >= 11 is 7.55. The van der Waals surface area contributed by atoms with Crippen molar-refractivity contribution in [1.82, 2.24) is 18.2 Å². The number of aliphatic hydroxyl groups excluding tert-OH is 1. The molecule has 0 spiro atoms. The second-order valence-electron chi connectivity index (χ2n) is 7.77. The summed E-state index contributed by atoms with van der Waals surface area (Å²) in [4.78, 5) is 4.51. The van der Waals surface area contributed by atoms with E-state index in [1.165, 1.54) is 15.2 Å². The third-order valence-electron chi connectivity index (χ3n) is 5.41.